The maximum absolute atomic E-state index is 12.8. The van der Waals surface area contributed by atoms with Crippen molar-refractivity contribution in [1.29, 1.82) is 0 Å². The molecule has 0 aliphatic rings. The van der Waals surface area contributed by atoms with Crippen LogP contribution in [0.2, 0.25) is 0 Å². The van der Waals surface area contributed by atoms with Gasteiger partial charge in [-0.1, -0.05) is 36.4 Å². The van der Waals surface area contributed by atoms with Gasteiger partial charge in [-0.3, -0.25) is 4.79 Å². The third-order valence-electron chi connectivity index (χ3n) is 3.96. The molecule has 0 aliphatic carbocycles. The van der Waals surface area contributed by atoms with Crippen molar-refractivity contribution in [2.45, 2.75) is 12.7 Å². The smallest absolute Gasteiger partial charge is 0.339 e. The topological polar surface area (TPSA) is 58.1 Å². The first kappa shape index (κ1) is 19.3. The number of anilines is 2. The van der Waals surface area contributed by atoms with E-state index in [0.29, 0.717) is 6.54 Å². The molecule has 3 aromatic rings. The number of nitrogens with zero attached hydrogens (tertiary/aromatic N) is 3. The van der Waals surface area contributed by atoms with Gasteiger partial charge in [0.15, 0.2) is 11.5 Å². The van der Waals surface area contributed by atoms with Gasteiger partial charge < -0.3 is 10.2 Å². The second kappa shape index (κ2) is 8.08. The third-order valence-corrected chi connectivity index (χ3v) is 3.96. The number of benzene rings is 2. The van der Waals surface area contributed by atoms with E-state index in [4.69, 9.17) is 0 Å². The highest BCUT2D eigenvalue weighted by molar-refractivity contribution is 5.92. The zero-order valence-electron chi connectivity index (χ0n) is 14.9. The molecule has 0 saturated heterocycles. The van der Waals surface area contributed by atoms with E-state index in [2.05, 4.69) is 15.5 Å². The molecule has 1 N–H and O–H groups in total. The highest BCUT2D eigenvalue weighted by atomic mass is 19.4. The van der Waals surface area contributed by atoms with E-state index in [1.807, 2.05) is 30.3 Å². The molecule has 1 aromatic heterocycles. The number of hydrogen-bond donors (Lipinski definition) is 1. The molecule has 0 spiro atoms. The van der Waals surface area contributed by atoms with Crippen LogP contribution in [-0.2, 0) is 12.7 Å². The van der Waals surface area contributed by atoms with E-state index in [-0.39, 0.29) is 23.1 Å². The summed E-state index contributed by atoms with van der Waals surface area (Å²) < 4.78 is 38.3. The Labute approximate surface area is 159 Å². The molecule has 0 bridgehead atoms. The highest BCUT2D eigenvalue weighted by Crippen LogP contribution is 2.31. The van der Waals surface area contributed by atoms with Crippen molar-refractivity contribution in [3.8, 4) is 0 Å². The SMILES string of the molecule is CN(Cc1ccccc1)C(=O)c1ccc(Nc2cccc(C(F)(F)F)c2)nn1. The first-order valence-electron chi connectivity index (χ1n) is 8.40. The molecule has 0 saturated carbocycles. The van der Waals surface area contributed by atoms with Gasteiger partial charge in [-0.15, -0.1) is 10.2 Å². The summed E-state index contributed by atoms with van der Waals surface area (Å²) in [6.07, 6.45) is -4.43. The molecule has 0 radical (unpaired) electrons. The number of nitrogens with one attached hydrogen (secondary N) is 1. The maximum Gasteiger partial charge on any atom is 0.416 e. The van der Waals surface area contributed by atoms with Crippen LogP contribution in [0.1, 0.15) is 21.6 Å². The molecule has 28 heavy (non-hydrogen) atoms. The Bertz CT molecular complexity index is 944. The van der Waals surface area contributed by atoms with Crippen molar-refractivity contribution >= 4 is 17.4 Å². The first-order chi connectivity index (χ1) is 13.3. The summed E-state index contributed by atoms with van der Waals surface area (Å²) in [6, 6.07) is 17.2. The zero-order chi connectivity index (χ0) is 20.1. The minimum atomic E-state index is -4.43. The van der Waals surface area contributed by atoms with Crippen LogP contribution in [0.25, 0.3) is 0 Å². The van der Waals surface area contributed by atoms with Crippen molar-refractivity contribution in [2.75, 3.05) is 12.4 Å². The monoisotopic (exact) mass is 386 g/mol. The van der Waals surface area contributed by atoms with E-state index in [9.17, 15) is 18.0 Å². The molecule has 144 valence electrons. The van der Waals surface area contributed by atoms with Crippen molar-refractivity contribution in [3.63, 3.8) is 0 Å². The Morgan fingerprint density at radius 2 is 1.75 bits per heavy atom. The first-order valence-corrected chi connectivity index (χ1v) is 8.40. The molecular formula is C20H17F3N4O. The van der Waals surface area contributed by atoms with Crippen LogP contribution in [0.4, 0.5) is 24.7 Å². The number of halogens is 3. The lowest BCUT2D eigenvalue weighted by atomic mass is 10.2. The average molecular weight is 386 g/mol. The molecule has 0 aliphatic heterocycles. The summed E-state index contributed by atoms with van der Waals surface area (Å²) in [7, 11) is 1.66. The van der Waals surface area contributed by atoms with E-state index in [1.165, 1.54) is 29.2 Å². The quantitative estimate of drug-likeness (QED) is 0.701. The number of amides is 1. The molecule has 2 aromatic carbocycles. The number of aromatic nitrogens is 2. The molecule has 0 atom stereocenters. The van der Waals surface area contributed by atoms with Gasteiger partial charge in [-0.05, 0) is 35.9 Å². The second-order valence-corrected chi connectivity index (χ2v) is 6.15. The van der Waals surface area contributed by atoms with Crippen molar-refractivity contribution in [1.82, 2.24) is 15.1 Å². The number of carbonyl (C=O) groups is 1. The number of hydrogen-bond acceptors (Lipinski definition) is 4. The summed E-state index contributed by atoms with van der Waals surface area (Å²) in [5.41, 5.74) is 0.589. The van der Waals surface area contributed by atoms with Gasteiger partial charge in [0.05, 0.1) is 5.56 Å². The molecule has 8 heteroatoms. The lowest BCUT2D eigenvalue weighted by molar-refractivity contribution is -0.137. The van der Waals surface area contributed by atoms with E-state index in [0.717, 1.165) is 17.7 Å². The highest BCUT2D eigenvalue weighted by Gasteiger charge is 2.30. The molecule has 0 fully saturated rings. The lowest BCUT2D eigenvalue weighted by Crippen LogP contribution is -2.27. The van der Waals surface area contributed by atoms with E-state index in [1.54, 1.807) is 7.05 Å². The molecule has 0 unspecified atom stereocenters. The number of alkyl halides is 3. The van der Waals surface area contributed by atoms with Crippen LogP contribution in [0.15, 0.2) is 66.7 Å². The van der Waals surface area contributed by atoms with Gasteiger partial charge in [0.2, 0.25) is 0 Å². The Morgan fingerprint density at radius 3 is 2.39 bits per heavy atom. The number of rotatable bonds is 5. The van der Waals surface area contributed by atoms with Crippen molar-refractivity contribution < 1.29 is 18.0 Å². The predicted molar refractivity (Wildman–Crippen MR) is 99.0 cm³/mol. The Morgan fingerprint density at radius 1 is 1.00 bits per heavy atom. The van der Waals surface area contributed by atoms with E-state index >= 15 is 0 Å². The Kier molecular flexibility index (Phi) is 5.58. The van der Waals surface area contributed by atoms with Gasteiger partial charge in [0.25, 0.3) is 5.91 Å². The van der Waals surface area contributed by atoms with Gasteiger partial charge in [-0.2, -0.15) is 13.2 Å². The van der Waals surface area contributed by atoms with Gasteiger partial charge in [0, 0.05) is 19.3 Å². The van der Waals surface area contributed by atoms with Crippen LogP contribution in [0.5, 0.6) is 0 Å². The van der Waals surface area contributed by atoms with Gasteiger partial charge >= 0.3 is 6.18 Å². The van der Waals surface area contributed by atoms with Crippen molar-refractivity contribution in [3.05, 3.63) is 83.6 Å². The molecular weight excluding hydrogens is 369 g/mol. The van der Waals surface area contributed by atoms with Crippen LogP contribution in [-0.4, -0.2) is 28.1 Å². The van der Waals surface area contributed by atoms with E-state index < -0.39 is 11.7 Å². The fraction of sp³-hybridized carbons (Fsp3) is 0.150. The van der Waals surface area contributed by atoms with Crippen molar-refractivity contribution in [2.24, 2.45) is 0 Å². The zero-order valence-corrected chi connectivity index (χ0v) is 14.9. The molecule has 1 heterocycles. The predicted octanol–water partition coefficient (Wildman–Crippen LogP) is 4.51. The lowest BCUT2D eigenvalue weighted by Gasteiger charge is -2.16. The Hall–Kier alpha value is -3.42. The van der Waals surface area contributed by atoms with Gasteiger partial charge in [-0.25, -0.2) is 0 Å². The summed E-state index contributed by atoms with van der Waals surface area (Å²) in [5, 5.41) is 10.5. The second-order valence-electron chi connectivity index (χ2n) is 6.15. The number of carbonyl (C=O) groups excluding carboxylic acids is 1. The van der Waals surface area contributed by atoms with Gasteiger partial charge in [0.1, 0.15) is 0 Å². The van der Waals surface area contributed by atoms with Crippen LogP contribution in [0.3, 0.4) is 0 Å². The summed E-state index contributed by atoms with van der Waals surface area (Å²) in [4.78, 5) is 14.0. The summed E-state index contributed by atoms with van der Waals surface area (Å²) >= 11 is 0. The van der Waals surface area contributed by atoms with Crippen LogP contribution in [0, 0.1) is 0 Å². The average Bonchev–Trinajstić information content (AvgIpc) is 2.68. The minimum absolute atomic E-state index is 0.146. The molecule has 3 rings (SSSR count). The van der Waals surface area contributed by atoms with Crippen LogP contribution < -0.4 is 5.32 Å². The molecule has 1 amide bonds. The summed E-state index contributed by atoms with van der Waals surface area (Å²) in [6.45, 7) is 0.422. The largest absolute Gasteiger partial charge is 0.416 e. The standard InChI is InChI=1S/C20H17F3N4O/c1-27(13-14-6-3-2-4-7-14)19(28)17-10-11-18(26-25-17)24-16-9-5-8-15(12-16)20(21,22)23/h2-12H,13H2,1H3,(H,24,26). The third kappa shape index (κ3) is 4.85. The Balaban J connectivity index is 1.67. The fourth-order valence-electron chi connectivity index (χ4n) is 2.56. The molecule has 5 nitrogen and oxygen atoms in total. The normalized spacial score (nSPS) is 11.1. The van der Waals surface area contributed by atoms with Crippen LogP contribution >= 0.6 is 0 Å². The summed E-state index contributed by atoms with van der Waals surface area (Å²) in [5.74, 6) is -0.0661. The maximum atomic E-state index is 12.8. The fourth-order valence-corrected chi connectivity index (χ4v) is 2.56. The minimum Gasteiger partial charge on any atom is -0.339 e.